The molecule has 1 aromatic heterocycles. The van der Waals surface area contributed by atoms with Crippen molar-refractivity contribution in [2.24, 2.45) is 5.73 Å². The maximum atomic E-state index is 5.71. The number of nitrogens with one attached hydrogen (secondary N) is 1. The minimum Gasteiger partial charge on any atom is -0.341 e. The van der Waals surface area contributed by atoms with Gasteiger partial charge in [0.2, 0.25) is 0 Å². The second-order valence-corrected chi connectivity index (χ2v) is 3.34. The van der Waals surface area contributed by atoms with Crippen molar-refractivity contribution in [3.63, 3.8) is 0 Å². The molecule has 0 amide bonds. The summed E-state index contributed by atoms with van der Waals surface area (Å²) in [6, 6.07) is 10.0. The van der Waals surface area contributed by atoms with E-state index in [0.29, 0.717) is 0 Å². The molecule has 3 nitrogen and oxygen atoms in total. The van der Waals surface area contributed by atoms with E-state index in [2.05, 4.69) is 9.97 Å². The molecular formula is C11H14ClN3. The number of nitrogens with two attached hydrogens (primary N) is 1. The summed E-state index contributed by atoms with van der Waals surface area (Å²) in [6.45, 7) is 1.91. The highest BCUT2D eigenvalue weighted by Gasteiger charge is 2.05. The topological polar surface area (TPSA) is 54.7 Å². The van der Waals surface area contributed by atoms with Gasteiger partial charge in [-0.2, -0.15) is 0 Å². The van der Waals surface area contributed by atoms with Gasteiger partial charge in [-0.1, -0.05) is 30.3 Å². The van der Waals surface area contributed by atoms with Gasteiger partial charge >= 0.3 is 0 Å². The minimum absolute atomic E-state index is 0. The number of aromatic amines is 1. The molecule has 1 aromatic carbocycles. The predicted molar refractivity (Wildman–Crippen MR) is 63.9 cm³/mol. The number of imidazole rings is 1. The Kier molecular flexibility index (Phi) is 3.88. The van der Waals surface area contributed by atoms with Crippen LogP contribution in [0.15, 0.2) is 36.5 Å². The second-order valence-electron chi connectivity index (χ2n) is 3.34. The smallest absolute Gasteiger partial charge is 0.123 e. The van der Waals surface area contributed by atoms with Gasteiger partial charge in [-0.05, 0) is 12.5 Å². The van der Waals surface area contributed by atoms with Crippen LogP contribution in [0.1, 0.15) is 18.8 Å². The van der Waals surface area contributed by atoms with Crippen LogP contribution >= 0.6 is 12.4 Å². The normalized spacial score (nSPS) is 11.9. The highest BCUT2D eigenvalue weighted by molar-refractivity contribution is 5.85. The molecule has 1 atom stereocenters. The average Bonchev–Trinajstić information content (AvgIpc) is 2.68. The molecule has 0 bridgehead atoms. The summed E-state index contributed by atoms with van der Waals surface area (Å²) in [4.78, 5) is 7.40. The molecule has 2 aromatic rings. The number of hydrogen-bond acceptors (Lipinski definition) is 2. The molecule has 0 saturated carbocycles. The van der Waals surface area contributed by atoms with E-state index in [-0.39, 0.29) is 18.4 Å². The Morgan fingerprint density at radius 2 is 1.93 bits per heavy atom. The Morgan fingerprint density at radius 1 is 1.27 bits per heavy atom. The van der Waals surface area contributed by atoms with E-state index in [9.17, 15) is 0 Å². The van der Waals surface area contributed by atoms with E-state index in [1.165, 1.54) is 0 Å². The van der Waals surface area contributed by atoms with Gasteiger partial charge in [0.05, 0.1) is 17.9 Å². The first-order chi connectivity index (χ1) is 6.77. The Morgan fingerprint density at radius 3 is 2.47 bits per heavy atom. The molecule has 1 heterocycles. The highest BCUT2D eigenvalue weighted by Crippen LogP contribution is 2.17. The van der Waals surface area contributed by atoms with Gasteiger partial charge in [0.25, 0.3) is 0 Å². The van der Waals surface area contributed by atoms with Gasteiger partial charge < -0.3 is 10.7 Å². The SMILES string of the molecule is C[C@@H](N)c1ncc(-c2ccccc2)[nH]1.Cl. The zero-order valence-electron chi connectivity index (χ0n) is 8.47. The average molecular weight is 224 g/mol. The number of nitrogens with zero attached hydrogens (tertiary/aromatic N) is 1. The van der Waals surface area contributed by atoms with Crippen LogP contribution < -0.4 is 5.73 Å². The molecule has 3 N–H and O–H groups in total. The third-order valence-corrected chi connectivity index (χ3v) is 2.11. The first-order valence-corrected chi connectivity index (χ1v) is 4.63. The Balaban J connectivity index is 0.00000112. The minimum atomic E-state index is -0.0486. The highest BCUT2D eigenvalue weighted by atomic mass is 35.5. The first kappa shape index (κ1) is 11.8. The quantitative estimate of drug-likeness (QED) is 0.822. The summed E-state index contributed by atoms with van der Waals surface area (Å²) in [5.41, 5.74) is 7.85. The Hall–Kier alpha value is -1.32. The number of aromatic nitrogens is 2. The third kappa shape index (κ3) is 2.58. The largest absolute Gasteiger partial charge is 0.341 e. The molecule has 0 aliphatic rings. The molecule has 0 aliphatic carbocycles. The molecule has 0 aliphatic heterocycles. The van der Waals surface area contributed by atoms with Crippen molar-refractivity contribution < 1.29 is 0 Å². The maximum absolute atomic E-state index is 5.71. The second kappa shape index (κ2) is 4.96. The molecule has 0 unspecified atom stereocenters. The van der Waals surface area contributed by atoms with Crippen LogP contribution in [0.5, 0.6) is 0 Å². The molecule has 15 heavy (non-hydrogen) atoms. The number of H-pyrrole nitrogens is 1. The zero-order chi connectivity index (χ0) is 9.97. The number of hydrogen-bond donors (Lipinski definition) is 2. The van der Waals surface area contributed by atoms with Crippen LogP contribution in [0, 0.1) is 0 Å². The van der Waals surface area contributed by atoms with Gasteiger partial charge in [-0.25, -0.2) is 4.98 Å². The summed E-state index contributed by atoms with van der Waals surface area (Å²) >= 11 is 0. The lowest BCUT2D eigenvalue weighted by Gasteiger charge is -1.99. The van der Waals surface area contributed by atoms with Crippen molar-refractivity contribution in [3.05, 3.63) is 42.4 Å². The van der Waals surface area contributed by atoms with Crippen molar-refractivity contribution >= 4 is 12.4 Å². The van der Waals surface area contributed by atoms with E-state index < -0.39 is 0 Å². The van der Waals surface area contributed by atoms with E-state index >= 15 is 0 Å². The number of rotatable bonds is 2. The fourth-order valence-electron chi connectivity index (χ4n) is 1.33. The number of benzene rings is 1. The lowest BCUT2D eigenvalue weighted by Crippen LogP contribution is -2.06. The fourth-order valence-corrected chi connectivity index (χ4v) is 1.33. The van der Waals surface area contributed by atoms with Crippen molar-refractivity contribution in [1.82, 2.24) is 9.97 Å². The third-order valence-electron chi connectivity index (χ3n) is 2.11. The summed E-state index contributed by atoms with van der Waals surface area (Å²) in [5.74, 6) is 0.823. The van der Waals surface area contributed by atoms with Gasteiger partial charge in [-0.3, -0.25) is 0 Å². The molecule has 2 rings (SSSR count). The van der Waals surface area contributed by atoms with Gasteiger partial charge in [-0.15, -0.1) is 12.4 Å². The van der Waals surface area contributed by atoms with Crippen LogP contribution in [0.2, 0.25) is 0 Å². The van der Waals surface area contributed by atoms with Crippen LogP contribution in [0.4, 0.5) is 0 Å². The first-order valence-electron chi connectivity index (χ1n) is 4.63. The Labute approximate surface area is 95.1 Å². The van der Waals surface area contributed by atoms with Gasteiger partial charge in [0, 0.05) is 0 Å². The van der Waals surface area contributed by atoms with Crippen molar-refractivity contribution in [2.45, 2.75) is 13.0 Å². The summed E-state index contributed by atoms with van der Waals surface area (Å²) in [7, 11) is 0. The van der Waals surface area contributed by atoms with Crippen molar-refractivity contribution in [2.75, 3.05) is 0 Å². The molecule has 80 valence electrons. The molecule has 0 fully saturated rings. The monoisotopic (exact) mass is 223 g/mol. The van der Waals surface area contributed by atoms with Crippen LogP contribution in [-0.2, 0) is 0 Å². The van der Waals surface area contributed by atoms with Gasteiger partial charge in [0.15, 0.2) is 0 Å². The predicted octanol–water partition coefficient (Wildman–Crippen LogP) is 2.52. The maximum Gasteiger partial charge on any atom is 0.123 e. The lowest BCUT2D eigenvalue weighted by molar-refractivity contribution is 0.756. The van der Waals surface area contributed by atoms with Crippen molar-refractivity contribution in [3.8, 4) is 11.3 Å². The zero-order valence-corrected chi connectivity index (χ0v) is 9.29. The molecule has 0 saturated heterocycles. The molecule has 4 heteroatoms. The standard InChI is InChI=1S/C11H13N3.ClH/c1-8(12)11-13-7-10(14-11)9-5-3-2-4-6-9;/h2-8H,12H2,1H3,(H,13,14);1H/t8-;/m1./s1. The Bertz CT molecular complexity index is 409. The van der Waals surface area contributed by atoms with Crippen molar-refractivity contribution in [1.29, 1.82) is 0 Å². The molecule has 0 spiro atoms. The lowest BCUT2D eigenvalue weighted by atomic mass is 10.2. The fraction of sp³-hybridized carbons (Fsp3) is 0.182. The number of halogens is 1. The van der Waals surface area contributed by atoms with E-state index in [4.69, 9.17) is 5.73 Å². The van der Waals surface area contributed by atoms with Gasteiger partial charge in [0.1, 0.15) is 5.82 Å². The van der Waals surface area contributed by atoms with Crippen LogP contribution in [-0.4, -0.2) is 9.97 Å². The summed E-state index contributed by atoms with van der Waals surface area (Å²) in [6.07, 6.45) is 1.81. The van der Waals surface area contributed by atoms with Crippen LogP contribution in [0.25, 0.3) is 11.3 Å². The molecule has 0 radical (unpaired) electrons. The van der Waals surface area contributed by atoms with E-state index in [1.54, 1.807) is 0 Å². The van der Waals surface area contributed by atoms with E-state index in [0.717, 1.165) is 17.1 Å². The summed E-state index contributed by atoms with van der Waals surface area (Å²) in [5, 5.41) is 0. The molecular weight excluding hydrogens is 210 g/mol. The van der Waals surface area contributed by atoms with Crippen LogP contribution in [0.3, 0.4) is 0 Å². The van der Waals surface area contributed by atoms with E-state index in [1.807, 2.05) is 43.5 Å². The summed E-state index contributed by atoms with van der Waals surface area (Å²) < 4.78 is 0.